The zero-order valence-electron chi connectivity index (χ0n) is 12.7. The molecule has 0 heterocycles. The lowest BCUT2D eigenvalue weighted by molar-refractivity contribution is -0.384. The molecule has 1 saturated carbocycles. The van der Waals surface area contributed by atoms with Crippen molar-refractivity contribution in [2.24, 2.45) is 11.7 Å². The van der Waals surface area contributed by atoms with Crippen LogP contribution in [0.15, 0.2) is 24.3 Å². The average Bonchev–Trinajstić information content (AvgIpc) is 2.53. The Morgan fingerprint density at radius 3 is 2.73 bits per heavy atom. The quantitative estimate of drug-likeness (QED) is 0.621. The van der Waals surface area contributed by atoms with Crippen LogP contribution in [-0.2, 0) is 11.2 Å². The number of nitro benzene ring substituents is 1. The van der Waals surface area contributed by atoms with Gasteiger partial charge in [-0.25, -0.2) is 0 Å². The number of carbonyl (C=O) groups excluding carboxylic acids is 1. The summed E-state index contributed by atoms with van der Waals surface area (Å²) in [5, 5.41) is 13.8. The number of benzene rings is 1. The van der Waals surface area contributed by atoms with E-state index < -0.39 is 4.92 Å². The van der Waals surface area contributed by atoms with Gasteiger partial charge in [-0.2, -0.15) is 0 Å². The number of rotatable bonds is 6. The summed E-state index contributed by atoms with van der Waals surface area (Å²) >= 11 is 0. The maximum absolute atomic E-state index is 12.2. The molecule has 3 N–H and O–H groups in total. The minimum atomic E-state index is -0.452. The number of non-ortho nitro benzene ring substituents is 1. The van der Waals surface area contributed by atoms with Gasteiger partial charge < -0.3 is 11.1 Å². The predicted octanol–water partition coefficient (Wildman–Crippen LogP) is 2.16. The lowest BCUT2D eigenvalue weighted by atomic mass is 9.84. The van der Waals surface area contributed by atoms with Crippen LogP contribution in [0.5, 0.6) is 0 Å². The van der Waals surface area contributed by atoms with Crippen LogP contribution in [0.2, 0.25) is 0 Å². The molecule has 0 radical (unpaired) electrons. The molecule has 0 aromatic heterocycles. The number of hydrogen-bond acceptors (Lipinski definition) is 4. The van der Waals surface area contributed by atoms with Crippen molar-refractivity contribution in [2.45, 2.75) is 44.6 Å². The van der Waals surface area contributed by atoms with Gasteiger partial charge in [-0.15, -0.1) is 0 Å². The van der Waals surface area contributed by atoms with E-state index in [0.717, 1.165) is 12.8 Å². The Kier molecular flexibility index (Phi) is 5.89. The molecule has 6 heteroatoms. The molecular formula is C16H23N3O3. The molecule has 1 aliphatic rings. The number of nitrogens with two attached hydrogens (primary N) is 1. The fourth-order valence-electron chi connectivity index (χ4n) is 3.13. The van der Waals surface area contributed by atoms with Crippen LogP contribution in [0.4, 0.5) is 5.69 Å². The van der Waals surface area contributed by atoms with Crippen LogP contribution in [0, 0.1) is 16.0 Å². The molecule has 1 fully saturated rings. The largest absolute Gasteiger partial charge is 0.352 e. The lowest BCUT2D eigenvalue weighted by Gasteiger charge is -2.30. The Morgan fingerprint density at radius 2 is 2.09 bits per heavy atom. The molecule has 0 saturated heterocycles. The Labute approximate surface area is 130 Å². The normalized spacial score (nSPS) is 17.0. The smallest absolute Gasteiger partial charge is 0.269 e. The highest BCUT2D eigenvalue weighted by molar-refractivity contribution is 5.79. The minimum absolute atomic E-state index is 0.00602. The predicted molar refractivity (Wildman–Crippen MR) is 84.4 cm³/mol. The van der Waals surface area contributed by atoms with Crippen molar-refractivity contribution < 1.29 is 9.72 Å². The maximum Gasteiger partial charge on any atom is 0.269 e. The third kappa shape index (κ3) is 4.53. The first kappa shape index (κ1) is 16.4. The van der Waals surface area contributed by atoms with Gasteiger partial charge in [0.2, 0.25) is 5.91 Å². The fourth-order valence-corrected chi connectivity index (χ4v) is 3.13. The number of carbonyl (C=O) groups is 1. The number of nitrogens with zero attached hydrogens (tertiary/aromatic N) is 1. The SMILES string of the molecule is NCC(NC(=O)Cc1cccc([N+](=O)[O-])c1)C1CCCCC1. The number of nitrogens with one attached hydrogen (secondary N) is 1. The zero-order chi connectivity index (χ0) is 15.9. The summed E-state index contributed by atoms with van der Waals surface area (Å²) in [6.45, 7) is 0.436. The fraction of sp³-hybridized carbons (Fsp3) is 0.562. The van der Waals surface area contributed by atoms with Gasteiger partial charge in [0.1, 0.15) is 0 Å². The summed E-state index contributed by atoms with van der Waals surface area (Å²) in [6.07, 6.45) is 6.02. The second-order valence-electron chi connectivity index (χ2n) is 5.91. The van der Waals surface area contributed by atoms with Gasteiger partial charge in [0.25, 0.3) is 5.69 Å². The molecule has 6 nitrogen and oxygen atoms in total. The van der Waals surface area contributed by atoms with Crippen molar-refractivity contribution >= 4 is 11.6 Å². The zero-order valence-corrected chi connectivity index (χ0v) is 12.7. The van der Waals surface area contributed by atoms with Crippen LogP contribution in [0.1, 0.15) is 37.7 Å². The Bertz CT molecular complexity index is 527. The minimum Gasteiger partial charge on any atom is -0.352 e. The van der Waals surface area contributed by atoms with E-state index in [1.54, 1.807) is 12.1 Å². The molecule has 1 aliphatic carbocycles. The van der Waals surface area contributed by atoms with Gasteiger partial charge in [-0.05, 0) is 24.3 Å². The van der Waals surface area contributed by atoms with Crippen molar-refractivity contribution in [3.8, 4) is 0 Å². The van der Waals surface area contributed by atoms with Crippen molar-refractivity contribution in [1.82, 2.24) is 5.32 Å². The van der Waals surface area contributed by atoms with E-state index in [2.05, 4.69) is 5.32 Å². The number of amides is 1. The highest BCUT2D eigenvalue weighted by Gasteiger charge is 2.24. The summed E-state index contributed by atoms with van der Waals surface area (Å²) in [5.74, 6) is 0.328. The van der Waals surface area contributed by atoms with Gasteiger partial charge in [0, 0.05) is 24.7 Å². The molecule has 0 spiro atoms. The molecule has 2 rings (SSSR count). The molecule has 22 heavy (non-hydrogen) atoms. The second-order valence-corrected chi connectivity index (χ2v) is 5.91. The Morgan fingerprint density at radius 1 is 1.36 bits per heavy atom. The highest BCUT2D eigenvalue weighted by atomic mass is 16.6. The summed E-state index contributed by atoms with van der Waals surface area (Å²) in [5.41, 5.74) is 6.46. The second kappa shape index (κ2) is 7.89. The topological polar surface area (TPSA) is 98.3 Å². The molecular weight excluding hydrogens is 282 g/mol. The summed E-state index contributed by atoms with van der Waals surface area (Å²) < 4.78 is 0. The molecule has 1 amide bonds. The van der Waals surface area contributed by atoms with Crippen molar-refractivity contribution in [3.05, 3.63) is 39.9 Å². The summed E-state index contributed by atoms with van der Waals surface area (Å²) in [4.78, 5) is 22.5. The molecule has 1 aromatic rings. The van der Waals surface area contributed by atoms with Crippen LogP contribution >= 0.6 is 0 Å². The maximum atomic E-state index is 12.2. The molecule has 0 bridgehead atoms. The highest BCUT2D eigenvalue weighted by Crippen LogP contribution is 2.26. The molecule has 1 atom stereocenters. The van der Waals surface area contributed by atoms with Crippen molar-refractivity contribution in [3.63, 3.8) is 0 Å². The first-order chi connectivity index (χ1) is 10.6. The van der Waals surface area contributed by atoms with Crippen LogP contribution in [-0.4, -0.2) is 23.4 Å². The van der Waals surface area contributed by atoms with Gasteiger partial charge in [0.15, 0.2) is 0 Å². The number of nitro groups is 1. The van der Waals surface area contributed by atoms with Gasteiger partial charge in [-0.3, -0.25) is 14.9 Å². The first-order valence-corrected chi connectivity index (χ1v) is 7.83. The van der Waals surface area contributed by atoms with E-state index in [1.165, 1.54) is 31.4 Å². The third-order valence-electron chi connectivity index (χ3n) is 4.31. The van der Waals surface area contributed by atoms with Crippen LogP contribution in [0.25, 0.3) is 0 Å². The van der Waals surface area contributed by atoms with Crippen molar-refractivity contribution in [2.75, 3.05) is 6.54 Å². The van der Waals surface area contributed by atoms with E-state index in [9.17, 15) is 14.9 Å². The third-order valence-corrected chi connectivity index (χ3v) is 4.31. The molecule has 1 unspecified atom stereocenters. The van der Waals surface area contributed by atoms with Gasteiger partial charge in [-0.1, -0.05) is 31.4 Å². The van der Waals surface area contributed by atoms with E-state index in [1.807, 2.05) is 0 Å². The molecule has 0 aliphatic heterocycles. The lowest BCUT2D eigenvalue weighted by Crippen LogP contribution is -2.46. The Balaban J connectivity index is 1.93. The van der Waals surface area contributed by atoms with E-state index in [0.29, 0.717) is 18.0 Å². The van der Waals surface area contributed by atoms with Gasteiger partial charge in [0.05, 0.1) is 11.3 Å². The Hall–Kier alpha value is -1.95. The monoisotopic (exact) mass is 305 g/mol. The number of hydrogen-bond donors (Lipinski definition) is 2. The van der Waals surface area contributed by atoms with Crippen molar-refractivity contribution in [1.29, 1.82) is 0 Å². The van der Waals surface area contributed by atoms with E-state index in [4.69, 9.17) is 5.73 Å². The first-order valence-electron chi connectivity index (χ1n) is 7.83. The molecule has 1 aromatic carbocycles. The standard InChI is InChI=1S/C16H23N3O3/c17-11-15(13-6-2-1-3-7-13)18-16(20)10-12-5-4-8-14(9-12)19(21)22/h4-5,8-9,13,15H,1-3,6-7,10-11,17H2,(H,18,20). The van der Waals surface area contributed by atoms with E-state index in [-0.39, 0.29) is 24.1 Å². The van der Waals surface area contributed by atoms with E-state index >= 15 is 0 Å². The van der Waals surface area contributed by atoms with Crippen LogP contribution < -0.4 is 11.1 Å². The van der Waals surface area contributed by atoms with Gasteiger partial charge >= 0.3 is 0 Å². The summed E-state index contributed by atoms with van der Waals surface area (Å²) in [7, 11) is 0. The average molecular weight is 305 g/mol. The summed E-state index contributed by atoms with van der Waals surface area (Å²) in [6, 6.07) is 6.20. The van der Waals surface area contributed by atoms with Crippen LogP contribution in [0.3, 0.4) is 0 Å². The molecule has 120 valence electrons.